The van der Waals surface area contributed by atoms with Crippen LogP contribution in [0.15, 0.2) is 6.20 Å². The topological polar surface area (TPSA) is 47.1 Å². The Morgan fingerprint density at radius 3 is 2.72 bits per heavy atom. The van der Waals surface area contributed by atoms with E-state index in [0.29, 0.717) is 12.6 Å². The number of hydrogen-bond donors (Lipinski definition) is 1. The van der Waals surface area contributed by atoms with Crippen molar-refractivity contribution in [3.8, 4) is 0 Å². The van der Waals surface area contributed by atoms with E-state index in [1.165, 1.54) is 24.1 Å². The molecule has 0 radical (unpaired) electrons. The second-order valence-corrected chi connectivity index (χ2v) is 5.92. The Labute approximate surface area is 110 Å². The second kappa shape index (κ2) is 5.02. The number of aryl methyl sites for hydroxylation is 2. The lowest BCUT2D eigenvalue weighted by Gasteiger charge is -2.38. The average Bonchev–Trinajstić information content (AvgIpc) is 2.84. The molecule has 1 saturated heterocycles. The lowest BCUT2D eigenvalue weighted by atomic mass is 9.97. The molecule has 102 valence electrons. The van der Waals surface area contributed by atoms with Crippen LogP contribution in [0, 0.1) is 0 Å². The summed E-state index contributed by atoms with van der Waals surface area (Å²) in [4.78, 5) is 2.56. The Morgan fingerprint density at radius 1 is 1.50 bits per heavy atom. The van der Waals surface area contributed by atoms with Crippen LogP contribution in [0.4, 0.5) is 0 Å². The number of likely N-dealkylation sites (tertiary alicyclic amines) is 1. The van der Waals surface area contributed by atoms with Gasteiger partial charge in [0.25, 0.3) is 0 Å². The zero-order chi connectivity index (χ0) is 13.3. The summed E-state index contributed by atoms with van der Waals surface area (Å²) >= 11 is 0. The Balaban J connectivity index is 2.33. The molecule has 0 bridgehead atoms. The maximum Gasteiger partial charge on any atom is 0.0670 e. The van der Waals surface area contributed by atoms with Gasteiger partial charge in [-0.15, -0.1) is 0 Å². The maximum absolute atomic E-state index is 6.06. The fraction of sp³-hybridized carbons (Fsp3) is 0.786. The van der Waals surface area contributed by atoms with Crippen molar-refractivity contribution in [1.82, 2.24) is 14.7 Å². The molecule has 2 heterocycles. The van der Waals surface area contributed by atoms with Crippen molar-refractivity contribution in [3.05, 3.63) is 17.5 Å². The lowest BCUT2D eigenvalue weighted by molar-refractivity contribution is 0.118. The standard InChI is InChI=1S/C14H26N4/c1-5-12-11(10-17(4)16-12)13(9-15)18-8-6-7-14(18,2)3/h10,13H,5-9,15H2,1-4H3. The molecule has 1 aliphatic heterocycles. The smallest absolute Gasteiger partial charge is 0.0670 e. The first-order chi connectivity index (χ1) is 8.49. The molecule has 0 spiro atoms. The van der Waals surface area contributed by atoms with Crippen LogP contribution in [0.25, 0.3) is 0 Å². The van der Waals surface area contributed by atoms with Crippen LogP contribution in [-0.2, 0) is 13.5 Å². The fourth-order valence-corrected chi connectivity index (χ4v) is 3.23. The number of nitrogens with zero attached hydrogens (tertiary/aromatic N) is 3. The number of aromatic nitrogens is 2. The van der Waals surface area contributed by atoms with Gasteiger partial charge >= 0.3 is 0 Å². The van der Waals surface area contributed by atoms with Gasteiger partial charge in [-0.25, -0.2) is 0 Å². The van der Waals surface area contributed by atoms with Gasteiger partial charge in [-0.2, -0.15) is 5.10 Å². The fourth-order valence-electron chi connectivity index (χ4n) is 3.23. The quantitative estimate of drug-likeness (QED) is 0.887. The van der Waals surface area contributed by atoms with E-state index in [9.17, 15) is 0 Å². The predicted molar refractivity (Wildman–Crippen MR) is 74.4 cm³/mol. The molecule has 0 aliphatic carbocycles. The van der Waals surface area contributed by atoms with Crippen molar-refractivity contribution < 1.29 is 0 Å². The molecular formula is C14H26N4. The van der Waals surface area contributed by atoms with Crippen LogP contribution in [0.3, 0.4) is 0 Å². The van der Waals surface area contributed by atoms with Gasteiger partial charge < -0.3 is 5.73 Å². The Kier molecular flexibility index (Phi) is 3.78. The molecule has 1 unspecified atom stereocenters. The van der Waals surface area contributed by atoms with E-state index in [1.54, 1.807) is 0 Å². The van der Waals surface area contributed by atoms with Gasteiger partial charge in [0.15, 0.2) is 0 Å². The van der Waals surface area contributed by atoms with Gasteiger partial charge in [0, 0.05) is 30.9 Å². The highest BCUT2D eigenvalue weighted by molar-refractivity contribution is 5.23. The van der Waals surface area contributed by atoms with Crippen molar-refractivity contribution in [2.24, 2.45) is 12.8 Å². The van der Waals surface area contributed by atoms with E-state index in [1.807, 2.05) is 11.7 Å². The molecule has 4 heteroatoms. The summed E-state index contributed by atoms with van der Waals surface area (Å²) < 4.78 is 1.92. The first-order valence-corrected chi connectivity index (χ1v) is 6.99. The number of rotatable bonds is 4. The van der Waals surface area contributed by atoms with Crippen LogP contribution >= 0.6 is 0 Å². The van der Waals surface area contributed by atoms with Gasteiger partial charge in [0.05, 0.1) is 11.7 Å². The number of nitrogens with two attached hydrogens (primary N) is 1. The Morgan fingerprint density at radius 2 is 2.22 bits per heavy atom. The van der Waals surface area contributed by atoms with Crippen molar-refractivity contribution >= 4 is 0 Å². The van der Waals surface area contributed by atoms with Gasteiger partial charge in [-0.05, 0) is 39.7 Å². The zero-order valence-corrected chi connectivity index (χ0v) is 12.1. The molecule has 0 amide bonds. The van der Waals surface area contributed by atoms with E-state index in [4.69, 9.17) is 5.73 Å². The molecule has 1 fully saturated rings. The lowest BCUT2D eigenvalue weighted by Crippen LogP contribution is -2.43. The summed E-state index contributed by atoms with van der Waals surface area (Å²) in [6.45, 7) is 8.62. The molecule has 0 saturated carbocycles. The van der Waals surface area contributed by atoms with Crippen molar-refractivity contribution in [2.45, 2.75) is 51.6 Å². The molecule has 1 aromatic rings. The van der Waals surface area contributed by atoms with Crippen LogP contribution in [0.1, 0.15) is 50.9 Å². The average molecular weight is 250 g/mol. The van der Waals surface area contributed by atoms with Crippen LogP contribution < -0.4 is 5.73 Å². The second-order valence-electron chi connectivity index (χ2n) is 5.92. The third-order valence-corrected chi connectivity index (χ3v) is 4.20. The SMILES string of the molecule is CCc1nn(C)cc1C(CN)N1CCCC1(C)C. The van der Waals surface area contributed by atoms with E-state index in [2.05, 4.69) is 37.0 Å². The van der Waals surface area contributed by atoms with Gasteiger partial charge in [0.2, 0.25) is 0 Å². The maximum atomic E-state index is 6.06. The molecule has 2 N–H and O–H groups in total. The molecule has 2 rings (SSSR count). The molecule has 1 aromatic heterocycles. The van der Waals surface area contributed by atoms with Gasteiger partial charge in [-0.1, -0.05) is 6.92 Å². The van der Waals surface area contributed by atoms with Crippen LogP contribution in [0.2, 0.25) is 0 Å². The highest BCUT2D eigenvalue weighted by Gasteiger charge is 2.37. The van der Waals surface area contributed by atoms with Crippen molar-refractivity contribution in [3.63, 3.8) is 0 Å². The summed E-state index contributed by atoms with van der Waals surface area (Å²) in [5, 5.41) is 4.55. The summed E-state index contributed by atoms with van der Waals surface area (Å²) in [6.07, 6.45) is 5.64. The summed E-state index contributed by atoms with van der Waals surface area (Å²) in [5.74, 6) is 0. The monoisotopic (exact) mass is 250 g/mol. The van der Waals surface area contributed by atoms with E-state index in [-0.39, 0.29) is 5.54 Å². The predicted octanol–water partition coefficient (Wildman–Crippen LogP) is 1.86. The Bertz CT molecular complexity index is 408. The molecule has 1 atom stereocenters. The van der Waals surface area contributed by atoms with Crippen LogP contribution in [0.5, 0.6) is 0 Å². The molecular weight excluding hydrogens is 224 g/mol. The molecule has 18 heavy (non-hydrogen) atoms. The first kappa shape index (κ1) is 13.6. The summed E-state index contributed by atoms with van der Waals surface area (Å²) in [6, 6.07) is 0.311. The number of hydrogen-bond acceptors (Lipinski definition) is 3. The third-order valence-electron chi connectivity index (χ3n) is 4.20. The summed E-state index contributed by atoms with van der Waals surface area (Å²) in [7, 11) is 1.99. The molecule has 0 aromatic carbocycles. The van der Waals surface area contributed by atoms with E-state index < -0.39 is 0 Å². The minimum atomic E-state index is 0.255. The summed E-state index contributed by atoms with van der Waals surface area (Å²) in [5.41, 5.74) is 8.82. The van der Waals surface area contributed by atoms with Crippen molar-refractivity contribution in [1.29, 1.82) is 0 Å². The zero-order valence-electron chi connectivity index (χ0n) is 12.1. The van der Waals surface area contributed by atoms with E-state index >= 15 is 0 Å². The Hall–Kier alpha value is -0.870. The minimum absolute atomic E-state index is 0.255. The molecule has 1 aliphatic rings. The normalized spacial score (nSPS) is 21.4. The van der Waals surface area contributed by atoms with Gasteiger partial charge in [-0.3, -0.25) is 9.58 Å². The van der Waals surface area contributed by atoms with Crippen molar-refractivity contribution in [2.75, 3.05) is 13.1 Å². The first-order valence-electron chi connectivity index (χ1n) is 6.99. The third kappa shape index (κ3) is 2.31. The largest absolute Gasteiger partial charge is 0.329 e. The molecule has 4 nitrogen and oxygen atoms in total. The highest BCUT2D eigenvalue weighted by Crippen LogP contribution is 2.36. The van der Waals surface area contributed by atoms with E-state index in [0.717, 1.165) is 13.0 Å². The van der Waals surface area contributed by atoms with Crippen LogP contribution in [-0.4, -0.2) is 33.3 Å². The van der Waals surface area contributed by atoms with Gasteiger partial charge in [0.1, 0.15) is 0 Å². The minimum Gasteiger partial charge on any atom is -0.329 e. The highest BCUT2D eigenvalue weighted by atomic mass is 15.3.